The Hall–Kier alpha value is -3.15. The summed E-state index contributed by atoms with van der Waals surface area (Å²) in [7, 11) is 0. The van der Waals surface area contributed by atoms with E-state index < -0.39 is 5.63 Å². The number of fused-ring (bicyclic) bond motifs is 1. The molecule has 0 radical (unpaired) electrons. The van der Waals surface area contributed by atoms with Crippen LogP contribution in [0, 0.1) is 0 Å². The topological polar surface area (TPSA) is 95.9 Å². The van der Waals surface area contributed by atoms with Crippen LogP contribution in [0.2, 0.25) is 0 Å². The second-order valence-electron chi connectivity index (χ2n) is 4.25. The van der Waals surface area contributed by atoms with Crippen LogP contribution in [0.3, 0.4) is 0 Å². The molecule has 3 aromatic rings. The maximum atomic E-state index is 11.9. The second-order valence-corrected chi connectivity index (χ2v) is 4.25. The maximum Gasteiger partial charge on any atom is 0.348 e. The van der Waals surface area contributed by atoms with Gasteiger partial charge in [0, 0.05) is 12.4 Å². The highest BCUT2D eigenvalue weighted by atomic mass is 16.4. The van der Waals surface area contributed by atoms with Gasteiger partial charge in [0.25, 0.3) is 0 Å². The lowest BCUT2D eigenvalue weighted by Crippen LogP contribution is -2.06. The van der Waals surface area contributed by atoms with Crippen LogP contribution in [0.4, 0.5) is 5.82 Å². The molecule has 2 N–H and O–H groups in total. The Kier molecular flexibility index (Phi) is 3.12. The predicted molar refractivity (Wildman–Crippen MR) is 77.3 cm³/mol. The van der Waals surface area contributed by atoms with E-state index >= 15 is 0 Å². The zero-order chi connectivity index (χ0) is 14.8. The molecule has 6 nitrogen and oxygen atoms in total. The molecule has 2 aromatic heterocycles. The zero-order valence-corrected chi connectivity index (χ0v) is 10.7. The Morgan fingerprint density at radius 1 is 1.14 bits per heavy atom. The normalized spacial score (nSPS) is 11.2. The summed E-state index contributed by atoms with van der Waals surface area (Å²) < 4.78 is 5.10. The van der Waals surface area contributed by atoms with Crippen molar-refractivity contribution in [2.45, 2.75) is 0 Å². The largest absolute Gasteiger partial charge is 0.506 e. The molecule has 21 heavy (non-hydrogen) atoms. The van der Waals surface area contributed by atoms with Gasteiger partial charge in [-0.1, -0.05) is 12.1 Å². The van der Waals surface area contributed by atoms with Gasteiger partial charge in [-0.15, -0.1) is 0 Å². The minimum absolute atomic E-state index is 0.0458. The van der Waals surface area contributed by atoms with Crippen LogP contribution in [0.1, 0.15) is 5.56 Å². The summed E-state index contributed by atoms with van der Waals surface area (Å²) in [4.78, 5) is 19.6. The Labute approximate surface area is 118 Å². The third-order valence-electron chi connectivity index (χ3n) is 2.90. The molecule has 0 atom stereocenters. The number of aromatic hydroxyl groups is 2. The van der Waals surface area contributed by atoms with Gasteiger partial charge < -0.3 is 14.6 Å². The highest BCUT2D eigenvalue weighted by molar-refractivity contribution is 5.94. The van der Waals surface area contributed by atoms with E-state index in [-0.39, 0.29) is 28.5 Å². The molecule has 0 aliphatic heterocycles. The van der Waals surface area contributed by atoms with Crippen molar-refractivity contribution < 1.29 is 14.6 Å². The van der Waals surface area contributed by atoms with E-state index in [1.54, 1.807) is 30.3 Å². The van der Waals surface area contributed by atoms with Gasteiger partial charge in [0.1, 0.15) is 16.9 Å². The summed E-state index contributed by atoms with van der Waals surface area (Å²) in [5, 5.41) is 20.1. The summed E-state index contributed by atoms with van der Waals surface area (Å²) in [6, 6.07) is 9.60. The van der Waals surface area contributed by atoms with Gasteiger partial charge in [-0.3, -0.25) is 0 Å². The average molecular weight is 282 g/mol. The number of hydrogen-bond donors (Lipinski definition) is 2. The number of nitrogens with zero attached hydrogens (tertiary/aromatic N) is 2. The lowest BCUT2D eigenvalue weighted by atomic mass is 10.1. The molecular formula is C15H10N2O4. The number of pyridine rings is 1. The molecule has 0 saturated carbocycles. The van der Waals surface area contributed by atoms with Crippen molar-refractivity contribution in [3.63, 3.8) is 0 Å². The van der Waals surface area contributed by atoms with Gasteiger partial charge in [-0.2, -0.15) is 0 Å². The van der Waals surface area contributed by atoms with Crippen molar-refractivity contribution >= 4 is 23.0 Å². The highest BCUT2D eigenvalue weighted by Gasteiger charge is 2.12. The van der Waals surface area contributed by atoms with Crippen LogP contribution >= 0.6 is 0 Å². The van der Waals surface area contributed by atoms with Crippen molar-refractivity contribution in [2.75, 3.05) is 0 Å². The van der Waals surface area contributed by atoms with Crippen LogP contribution in [-0.4, -0.2) is 21.4 Å². The van der Waals surface area contributed by atoms with E-state index in [0.29, 0.717) is 5.39 Å². The van der Waals surface area contributed by atoms with Crippen LogP contribution in [-0.2, 0) is 0 Å². The lowest BCUT2D eigenvalue weighted by Gasteiger charge is -2.02. The first-order valence-electron chi connectivity index (χ1n) is 6.09. The van der Waals surface area contributed by atoms with Crippen molar-refractivity contribution in [3.05, 3.63) is 58.6 Å². The van der Waals surface area contributed by atoms with E-state index in [4.69, 9.17) is 4.42 Å². The van der Waals surface area contributed by atoms with Crippen LogP contribution in [0.5, 0.6) is 11.5 Å². The summed E-state index contributed by atoms with van der Waals surface area (Å²) in [5.41, 5.74) is -0.526. The first-order valence-corrected chi connectivity index (χ1v) is 6.09. The monoisotopic (exact) mass is 282 g/mol. The van der Waals surface area contributed by atoms with Crippen LogP contribution in [0.15, 0.2) is 56.8 Å². The third-order valence-corrected chi connectivity index (χ3v) is 2.90. The minimum Gasteiger partial charge on any atom is -0.506 e. The second kappa shape index (κ2) is 5.09. The van der Waals surface area contributed by atoms with Gasteiger partial charge in [-0.25, -0.2) is 14.8 Å². The molecule has 0 aliphatic rings. The fraction of sp³-hybridized carbons (Fsp3) is 0. The van der Waals surface area contributed by atoms with Crippen molar-refractivity contribution in [1.82, 2.24) is 4.98 Å². The van der Waals surface area contributed by atoms with Gasteiger partial charge in [0.2, 0.25) is 0 Å². The molecule has 0 fully saturated rings. The molecule has 6 heteroatoms. The average Bonchev–Trinajstić information content (AvgIpc) is 2.49. The number of benzene rings is 1. The number of aliphatic imine (C=N–C) groups is 1. The van der Waals surface area contributed by atoms with E-state index in [1.165, 1.54) is 12.3 Å². The molecule has 0 amide bonds. The van der Waals surface area contributed by atoms with Crippen LogP contribution < -0.4 is 5.63 Å². The van der Waals surface area contributed by atoms with Crippen LogP contribution in [0.25, 0.3) is 11.0 Å². The minimum atomic E-state index is -0.717. The Bertz CT molecular complexity index is 900. The Balaban J connectivity index is 2.13. The summed E-state index contributed by atoms with van der Waals surface area (Å²) in [6.07, 6.45) is 2.57. The molecule has 1 aromatic carbocycles. The molecule has 3 rings (SSSR count). The molecule has 104 valence electrons. The Morgan fingerprint density at radius 2 is 1.95 bits per heavy atom. The smallest absolute Gasteiger partial charge is 0.348 e. The summed E-state index contributed by atoms with van der Waals surface area (Å²) >= 11 is 0. The quantitative estimate of drug-likeness (QED) is 0.555. The summed E-state index contributed by atoms with van der Waals surface area (Å²) in [6.45, 7) is 0. The molecule has 0 spiro atoms. The van der Waals surface area contributed by atoms with Crippen molar-refractivity contribution in [2.24, 2.45) is 4.99 Å². The molecule has 0 aliphatic carbocycles. The van der Waals surface area contributed by atoms with Crippen molar-refractivity contribution in [3.8, 4) is 11.5 Å². The highest BCUT2D eigenvalue weighted by Crippen LogP contribution is 2.26. The standard InChI is InChI=1S/C15H10N2O4/c18-11-5-3-7-16-14(11)17-8-10-13(19)9-4-1-2-6-12(9)21-15(10)20/h1-8,18-19H/b17-8+. The number of para-hydroxylation sites is 1. The van der Waals surface area contributed by atoms with E-state index in [9.17, 15) is 15.0 Å². The van der Waals surface area contributed by atoms with Gasteiger partial charge in [0.15, 0.2) is 11.6 Å². The first-order chi connectivity index (χ1) is 10.2. The van der Waals surface area contributed by atoms with E-state index in [2.05, 4.69) is 9.98 Å². The molecule has 2 heterocycles. The van der Waals surface area contributed by atoms with Crippen molar-refractivity contribution in [1.29, 1.82) is 0 Å². The molecule has 0 unspecified atom stereocenters. The zero-order valence-electron chi connectivity index (χ0n) is 10.7. The first kappa shape index (κ1) is 12.9. The van der Waals surface area contributed by atoms with E-state index in [0.717, 1.165) is 6.21 Å². The number of rotatable bonds is 2. The van der Waals surface area contributed by atoms with Gasteiger partial charge in [0.05, 0.1) is 5.39 Å². The number of aromatic nitrogens is 1. The lowest BCUT2D eigenvalue weighted by molar-refractivity contribution is 0.466. The summed E-state index contributed by atoms with van der Waals surface area (Å²) in [5.74, 6) is -0.302. The SMILES string of the molecule is O=c1oc2ccccc2c(O)c1/C=N/c1ncccc1O. The maximum absolute atomic E-state index is 11.9. The predicted octanol–water partition coefficient (Wildman–Crippen LogP) is 2.35. The molecular weight excluding hydrogens is 272 g/mol. The fourth-order valence-electron chi connectivity index (χ4n) is 1.88. The van der Waals surface area contributed by atoms with Gasteiger partial charge in [-0.05, 0) is 24.3 Å². The Morgan fingerprint density at radius 3 is 2.76 bits per heavy atom. The fourth-order valence-corrected chi connectivity index (χ4v) is 1.88. The van der Waals surface area contributed by atoms with Gasteiger partial charge >= 0.3 is 5.63 Å². The number of hydrogen-bond acceptors (Lipinski definition) is 6. The molecule has 0 saturated heterocycles. The third kappa shape index (κ3) is 2.34. The van der Waals surface area contributed by atoms with E-state index in [1.807, 2.05) is 0 Å². The molecule has 0 bridgehead atoms.